The van der Waals surface area contributed by atoms with E-state index in [1.807, 2.05) is 10.3 Å². The fourth-order valence-corrected chi connectivity index (χ4v) is 3.37. The van der Waals surface area contributed by atoms with Crippen LogP contribution in [-0.2, 0) is 16.0 Å². The molecule has 116 valence electrons. The molecule has 0 unspecified atom stereocenters. The van der Waals surface area contributed by atoms with E-state index in [4.69, 9.17) is 4.74 Å². The van der Waals surface area contributed by atoms with Crippen LogP contribution in [0.3, 0.4) is 0 Å². The Morgan fingerprint density at radius 3 is 2.86 bits per heavy atom. The molecule has 1 aromatic carbocycles. The van der Waals surface area contributed by atoms with Gasteiger partial charge in [0.1, 0.15) is 5.01 Å². The third-order valence-electron chi connectivity index (χ3n) is 3.89. The highest BCUT2D eigenvalue weighted by Gasteiger charge is 2.18. The first kappa shape index (κ1) is 15.2. The SMILES string of the molecule is Cc1ccc(C)c(-c2csc(CC(=O)N3CCOCC3)n2)c1. The minimum Gasteiger partial charge on any atom is -0.378 e. The lowest BCUT2D eigenvalue weighted by Gasteiger charge is -2.26. The number of aromatic nitrogens is 1. The smallest absolute Gasteiger partial charge is 0.229 e. The number of rotatable bonds is 3. The molecule has 0 aliphatic carbocycles. The maximum Gasteiger partial charge on any atom is 0.229 e. The summed E-state index contributed by atoms with van der Waals surface area (Å²) in [5, 5.41) is 2.93. The molecular weight excluding hydrogens is 296 g/mol. The average molecular weight is 316 g/mol. The van der Waals surface area contributed by atoms with Gasteiger partial charge in [-0.25, -0.2) is 4.98 Å². The summed E-state index contributed by atoms with van der Waals surface area (Å²) in [6.07, 6.45) is 0.384. The maximum absolute atomic E-state index is 12.3. The Bertz CT molecular complexity index is 675. The molecular formula is C17H20N2O2S. The van der Waals surface area contributed by atoms with E-state index in [1.165, 1.54) is 11.1 Å². The third kappa shape index (κ3) is 3.36. The Morgan fingerprint density at radius 1 is 1.32 bits per heavy atom. The van der Waals surface area contributed by atoms with Crippen molar-refractivity contribution in [3.63, 3.8) is 0 Å². The lowest BCUT2D eigenvalue weighted by molar-refractivity contribution is -0.134. The van der Waals surface area contributed by atoms with Gasteiger partial charge in [-0.15, -0.1) is 11.3 Å². The van der Waals surface area contributed by atoms with Gasteiger partial charge in [0, 0.05) is 24.0 Å². The van der Waals surface area contributed by atoms with Crippen molar-refractivity contribution in [1.29, 1.82) is 0 Å². The summed E-state index contributed by atoms with van der Waals surface area (Å²) < 4.78 is 5.28. The van der Waals surface area contributed by atoms with E-state index < -0.39 is 0 Å². The standard InChI is InChI=1S/C17H20N2O2S/c1-12-3-4-13(2)14(9-12)15-11-22-16(18-15)10-17(20)19-5-7-21-8-6-19/h3-4,9,11H,5-8,10H2,1-2H3. The van der Waals surface area contributed by atoms with Gasteiger partial charge in [-0.2, -0.15) is 0 Å². The van der Waals surface area contributed by atoms with Gasteiger partial charge >= 0.3 is 0 Å². The van der Waals surface area contributed by atoms with Gasteiger partial charge < -0.3 is 9.64 Å². The van der Waals surface area contributed by atoms with Crippen molar-refractivity contribution < 1.29 is 9.53 Å². The van der Waals surface area contributed by atoms with Crippen molar-refractivity contribution in [1.82, 2.24) is 9.88 Å². The van der Waals surface area contributed by atoms with Crippen molar-refractivity contribution in [2.45, 2.75) is 20.3 Å². The number of ether oxygens (including phenoxy) is 1. The molecule has 0 spiro atoms. The molecule has 1 aliphatic heterocycles. The Labute approximate surface area is 134 Å². The largest absolute Gasteiger partial charge is 0.378 e. The molecule has 1 saturated heterocycles. The molecule has 22 heavy (non-hydrogen) atoms. The molecule has 4 nitrogen and oxygen atoms in total. The molecule has 0 saturated carbocycles. The molecule has 3 rings (SSSR count). The minimum absolute atomic E-state index is 0.144. The zero-order valence-corrected chi connectivity index (χ0v) is 13.8. The molecule has 1 aliphatic rings. The number of carbonyl (C=O) groups excluding carboxylic acids is 1. The number of aryl methyl sites for hydroxylation is 2. The maximum atomic E-state index is 12.3. The van der Waals surface area contributed by atoms with Gasteiger partial charge in [-0.3, -0.25) is 4.79 Å². The number of hydrogen-bond acceptors (Lipinski definition) is 4. The monoisotopic (exact) mass is 316 g/mol. The van der Waals surface area contributed by atoms with E-state index in [-0.39, 0.29) is 5.91 Å². The number of amides is 1. The summed E-state index contributed by atoms with van der Waals surface area (Å²) >= 11 is 1.56. The van der Waals surface area contributed by atoms with Crippen LogP contribution >= 0.6 is 11.3 Å². The first-order valence-electron chi connectivity index (χ1n) is 7.51. The number of hydrogen-bond donors (Lipinski definition) is 0. The van der Waals surface area contributed by atoms with Crippen LogP contribution in [0.15, 0.2) is 23.6 Å². The Morgan fingerprint density at radius 2 is 2.09 bits per heavy atom. The van der Waals surface area contributed by atoms with Gasteiger partial charge in [-0.05, 0) is 25.5 Å². The number of benzene rings is 1. The normalized spacial score (nSPS) is 15.1. The average Bonchev–Trinajstić information content (AvgIpc) is 2.99. The van der Waals surface area contributed by atoms with Crippen molar-refractivity contribution in [2.75, 3.05) is 26.3 Å². The predicted octanol–water partition coefficient (Wildman–Crippen LogP) is 2.83. The van der Waals surface area contributed by atoms with Crippen molar-refractivity contribution in [3.05, 3.63) is 39.7 Å². The third-order valence-corrected chi connectivity index (χ3v) is 4.74. The molecule has 2 heterocycles. The molecule has 0 bridgehead atoms. The van der Waals surface area contributed by atoms with Crippen LogP contribution in [0.25, 0.3) is 11.3 Å². The van der Waals surface area contributed by atoms with Crippen LogP contribution in [0, 0.1) is 13.8 Å². The quantitative estimate of drug-likeness (QED) is 0.874. The molecule has 2 aromatic rings. The van der Waals surface area contributed by atoms with E-state index in [0.29, 0.717) is 32.7 Å². The summed E-state index contributed by atoms with van der Waals surface area (Å²) in [5.41, 5.74) is 4.55. The lowest BCUT2D eigenvalue weighted by Crippen LogP contribution is -2.41. The van der Waals surface area contributed by atoms with E-state index in [9.17, 15) is 4.79 Å². The Hall–Kier alpha value is -1.72. The van der Waals surface area contributed by atoms with Crippen LogP contribution in [0.2, 0.25) is 0 Å². The second kappa shape index (κ2) is 6.58. The molecule has 1 aromatic heterocycles. The van der Waals surface area contributed by atoms with E-state index in [2.05, 4.69) is 37.0 Å². The van der Waals surface area contributed by atoms with E-state index >= 15 is 0 Å². The molecule has 0 radical (unpaired) electrons. The molecule has 1 fully saturated rings. The second-order valence-electron chi connectivity index (χ2n) is 5.61. The minimum atomic E-state index is 0.144. The highest BCUT2D eigenvalue weighted by molar-refractivity contribution is 7.10. The Kier molecular flexibility index (Phi) is 4.55. The molecule has 1 amide bonds. The zero-order valence-electron chi connectivity index (χ0n) is 13.0. The number of thiazole rings is 1. The highest BCUT2D eigenvalue weighted by Crippen LogP contribution is 2.26. The van der Waals surface area contributed by atoms with Crippen LogP contribution in [0.5, 0.6) is 0 Å². The Balaban J connectivity index is 1.73. The van der Waals surface area contributed by atoms with Crippen molar-refractivity contribution in [2.24, 2.45) is 0 Å². The summed E-state index contributed by atoms with van der Waals surface area (Å²) in [6, 6.07) is 6.37. The van der Waals surface area contributed by atoms with Gasteiger partial charge in [0.15, 0.2) is 0 Å². The van der Waals surface area contributed by atoms with Crippen LogP contribution in [0.1, 0.15) is 16.1 Å². The first-order valence-corrected chi connectivity index (χ1v) is 8.39. The molecule has 0 N–H and O–H groups in total. The molecule has 0 atom stereocenters. The van der Waals surface area contributed by atoms with E-state index in [1.54, 1.807) is 11.3 Å². The number of morpholine rings is 1. The zero-order chi connectivity index (χ0) is 15.5. The fourth-order valence-electron chi connectivity index (χ4n) is 2.58. The first-order chi connectivity index (χ1) is 10.6. The summed E-state index contributed by atoms with van der Waals surface area (Å²) in [6.45, 7) is 6.82. The highest BCUT2D eigenvalue weighted by atomic mass is 32.1. The fraction of sp³-hybridized carbons (Fsp3) is 0.412. The number of nitrogens with zero attached hydrogens (tertiary/aromatic N) is 2. The van der Waals surface area contributed by atoms with Gasteiger partial charge in [0.2, 0.25) is 5.91 Å². The van der Waals surface area contributed by atoms with Gasteiger partial charge in [0.25, 0.3) is 0 Å². The van der Waals surface area contributed by atoms with Crippen LogP contribution in [-0.4, -0.2) is 42.1 Å². The van der Waals surface area contributed by atoms with Gasteiger partial charge in [0.05, 0.1) is 25.3 Å². The summed E-state index contributed by atoms with van der Waals surface area (Å²) in [4.78, 5) is 18.8. The molecule has 5 heteroatoms. The summed E-state index contributed by atoms with van der Waals surface area (Å²) in [7, 11) is 0. The number of carbonyl (C=O) groups is 1. The van der Waals surface area contributed by atoms with Gasteiger partial charge in [-0.1, -0.05) is 17.7 Å². The van der Waals surface area contributed by atoms with Crippen LogP contribution < -0.4 is 0 Å². The predicted molar refractivity (Wildman–Crippen MR) is 88.1 cm³/mol. The second-order valence-corrected chi connectivity index (χ2v) is 6.56. The van der Waals surface area contributed by atoms with E-state index in [0.717, 1.165) is 16.3 Å². The topological polar surface area (TPSA) is 42.4 Å². The summed E-state index contributed by atoms with van der Waals surface area (Å²) in [5.74, 6) is 0.144. The van der Waals surface area contributed by atoms with Crippen LogP contribution in [0.4, 0.5) is 0 Å². The van der Waals surface area contributed by atoms with Crippen molar-refractivity contribution >= 4 is 17.2 Å². The van der Waals surface area contributed by atoms with Crippen molar-refractivity contribution in [3.8, 4) is 11.3 Å². The lowest BCUT2D eigenvalue weighted by atomic mass is 10.0.